The van der Waals surface area contributed by atoms with Gasteiger partial charge in [-0.15, -0.1) is 0 Å². The number of nitrogens with zero attached hydrogens (tertiary/aromatic N) is 1. The minimum atomic E-state index is -0.730. The lowest BCUT2D eigenvalue weighted by Crippen LogP contribution is -2.51. The van der Waals surface area contributed by atoms with E-state index < -0.39 is 6.10 Å². The van der Waals surface area contributed by atoms with Crippen LogP contribution in [0.3, 0.4) is 0 Å². The Kier molecular flexibility index (Phi) is 5.78. The van der Waals surface area contributed by atoms with E-state index in [0.29, 0.717) is 23.0 Å². The Hall–Kier alpha value is -2.53. The molecule has 0 bridgehead atoms. The summed E-state index contributed by atoms with van der Waals surface area (Å²) in [7, 11) is 0. The number of hydrogen-bond acceptors (Lipinski definition) is 3. The van der Waals surface area contributed by atoms with Crippen molar-refractivity contribution in [3.05, 3.63) is 59.1 Å². The maximum Gasteiger partial charge on any atom is 0.262 e. The molecule has 136 valence electrons. The van der Waals surface area contributed by atoms with Gasteiger partial charge in [-0.1, -0.05) is 48.9 Å². The molecule has 0 aliphatic carbocycles. The van der Waals surface area contributed by atoms with Gasteiger partial charge in [-0.05, 0) is 30.2 Å². The lowest BCUT2D eigenvalue weighted by Gasteiger charge is -2.34. The van der Waals surface area contributed by atoms with Crippen molar-refractivity contribution in [3.8, 4) is 5.75 Å². The zero-order chi connectivity index (χ0) is 18.5. The van der Waals surface area contributed by atoms with Gasteiger partial charge in [0.25, 0.3) is 5.91 Å². The number of ether oxygens (including phenoxy) is 1. The molecule has 1 aliphatic rings. The van der Waals surface area contributed by atoms with Gasteiger partial charge in [0.05, 0.1) is 18.7 Å². The number of rotatable bonds is 5. The van der Waals surface area contributed by atoms with E-state index >= 15 is 0 Å². The fourth-order valence-corrected chi connectivity index (χ4v) is 3.07. The summed E-state index contributed by atoms with van der Waals surface area (Å²) in [5.41, 5.74) is 1.43. The number of amides is 2. The van der Waals surface area contributed by atoms with Gasteiger partial charge in [-0.3, -0.25) is 9.59 Å². The zero-order valence-electron chi connectivity index (χ0n) is 14.6. The largest absolute Gasteiger partial charge is 0.477 e. The van der Waals surface area contributed by atoms with E-state index in [0.717, 1.165) is 12.0 Å². The number of benzene rings is 2. The third-order valence-electron chi connectivity index (χ3n) is 4.22. The number of nitrogens with one attached hydrogen (secondary N) is 1. The van der Waals surface area contributed by atoms with Crippen LogP contribution in [0.5, 0.6) is 5.75 Å². The van der Waals surface area contributed by atoms with Crippen LogP contribution >= 0.6 is 11.6 Å². The number of para-hydroxylation sites is 2. The van der Waals surface area contributed by atoms with Gasteiger partial charge in [0.1, 0.15) is 5.75 Å². The van der Waals surface area contributed by atoms with Gasteiger partial charge in [0.2, 0.25) is 5.91 Å². The van der Waals surface area contributed by atoms with Gasteiger partial charge in [-0.2, -0.15) is 0 Å². The molecule has 2 amide bonds. The normalized spacial score (nSPS) is 15.8. The summed E-state index contributed by atoms with van der Waals surface area (Å²) in [6.45, 7) is 2.74. The van der Waals surface area contributed by atoms with Crippen LogP contribution in [-0.2, 0) is 16.0 Å². The maximum absolute atomic E-state index is 12.9. The summed E-state index contributed by atoms with van der Waals surface area (Å²) in [6, 6.07) is 14.5. The second-order valence-corrected chi connectivity index (χ2v) is 6.54. The Morgan fingerprint density at radius 3 is 2.69 bits per heavy atom. The maximum atomic E-state index is 12.9. The van der Waals surface area contributed by atoms with Crippen molar-refractivity contribution in [2.45, 2.75) is 25.9 Å². The smallest absolute Gasteiger partial charge is 0.262 e. The highest BCUT2D eigenvalue weighted by Gasteiger charge is 2.33. The number of halogens is 1. The van der Waals surface area contributed by atoms with Crippen molar-refractivity contribution >= 4 is 29.1 Å². The van der Waals surface area contributed by atoms with E-state index in [1.807, 2.05) is 43.3 Å². The van der Waals surface area contributed by atoms with E-state index in [1.165, 1.54) is 0 Å². The predicted octanol–water partition coefficient (Wildman–Crippen LogP) is 3.20. The first-order valence-electron chi connectivity index (χ1n) is 8.67. The summed E-state index contributed by atoms with van der Waals surface area (Å²) in [6.07, 6.45) is 0.272. The van der Waals surface area contributed by atoms with Crippen molar-refractivity contribution in [1.29, 1.82) is 0 Å². The fraction of sp³-hybridized carbons (Fsp3) is 0.300. The van der Waals surface area contributed by atoms with Crippen molar-refractivity contribution in [1.82, 2.24) is 5.32 Å². The molecule has 0 saturated heterocycles. The molecule has 1 atom stereocenters. The molecule has 26 heavy (non-hydrogen) atoms. The summed E-state index contributed by atoms with van der Waals surface area (Å²) < 4.78 is 5.81. The molecule has 3 rings (SSSR count). The van der Waals surface area contributed by atoms with Gasteiger partial charge >= 0.3 is 0 Å². The van der Waals surface area contributed by atoms with Crippen LogP contribution < -0.4 is 15.0 Å². The molecule has 0 radical (unpaired) electrons. The van der Waals surface area contributed by atoms with Crippen molar-refractivity contribution in [2.75, 3.05) is 18.0 Å². The minimum absolute atomic E-state index is 0.123. The average molecular weight is 373 g/mol. The van der Waals surface area contributed by atoms with E-state index in [2.05, 4.69) is 5.32 Å². The number of fused-ring (bicyclic) bond motifs is 1. The molecular weight excluding hydrogens is 352 g/mol. The lowest BCUT2D eigenvalue weighted by molar-refractivity contribution is -0.128. The molecule has 1 aliphatic heterocycles. The van der Waals surface area contributed by atoms with Crippen LogP contribution in [0.2, 0.25) is 5.02 Å². The molecule has 0 saturated carbocycles. The van der Waals surface area contributed by atoms with Gasteiger partial charge in [0, 0.05) is 11.6 Å². The Morgan fingerprint density at radius 1 is 1.19 bits per heavy atom. The second-order valence-electron chi connectivity index (χ2n) is 6.14. The number of carbonyl (C=O) groups is 2. The third-order valence-corrected chi connectivity index (χ3v) is 4.58. The van der Waals surface area contributed by atoms with Gasteiger partial charge in [0.15, 0.2) is 6.10 Å². The van der Waals surface area contributed by atoms with Crippen LogP contribution in [0, 0.1) is 0 Å². The standard InChI is InChI=1S/C20H21ClN2O3/c1-2-11-22-20(25)18-13-23(16-9-5-6-10-17(16)26-18)19(24)12-14-7-3-4-8-15(14)21/h3-10,18H,2,11-13H2,1H3,(H,22,25)/t18-/m0/s1. The Labute approximate surface area is 157 Å². The summed E-state index contributed by atoms with van der Waals surface area (Å²) in [4.78, 5) is 26.9. The Balaban J connectivity index is 1.83. The number of carbonyl (C=O) groups excluding carboxylic acids is 2. The number of hydrogen-bond donors (Lipinski definition) is 1. The molecule has 1 heterocycles. The van der Waals surface area contributed by atoms with Gasteiger partial charge in [-0.25, -0.2) is 0 Å². The van der Waals surface area contributed by atoms with E-state index in [-0.39, 0.29) is 24.8 Å². The average Bonchev–Trinajstić information content (AvgIpc) is 2.66. The van der Waals surface area contributed by atoms with Gasteiger partial charge < -0.3 is 15.0 Å². The third kappa shape index (κ3) is 3.99. The highest BCUT2D eigenvalue weighted by molar-refractivity contribution is 6.31. The monoisotopic (exact) mass is 372 g/mol. The molecule has 1 N–H and O–H groups in total. The molecule has 0 aromatic heterocycles. The van der Waals surface area contributed by atoms with Crippen LogP contribution in [0.4, 0.5) is 5.69 Å². The SMILES string of the molecule is CCCNC(=O)[C@@H]1CN(C(=O)Cc2ccccc2Cl)c2ccccc2O1. The van der Waals surface area contributed by atoms with Crippen LogP contribution in [0.1, 0.15) is 18.9 Å². The van der Waals surface area contributed by atoms with E-state index in [9.17, 15) is 9.59 Å². The highest BCUT2D eigenvalue weighted by atomic mass is 35.5. The fourth-order valence-electron chi connectivity index (χ4n) is 2.87. The van der Waals surface area contributed by atoms with Crippen molar-refractivity contribution in [3.63, 3.8) is 0 Å². The molecule has 5 nitrogen and oxygen atoms in total. The quantitative estimate of drug-likeness (QED) is 0.876. The Morgan fingerprint density at radius 2 is 1.92 bits per heavy atom. The number of anilines is 1. The molecule has 2 aromatic rings. The summed E-state index contributed by atoms with van der Waals surface area (Å²) in [5.74, 6) is 0.196. The first-order valence-corrected chi connectivity index (χ1v) is 9.05. The lowest BCUT2D eigenvalue weighted by atomic mass is 10.1. The second kappa shape index (κ2) is 8.23. The van der Waals surface area contributed by atoms with E-state index in [1.54, 1.807) is 17.0 Å². The molecule has 0 fully saturated rings. The van der Waals surface area contributed by atoms with Crippen LogP contribution in [-0.4, -0.2) is 31.0 Å². The topological polar surface area (TPSA) is 58.6 Å². The molecule has 6 heteroatoms. The molecule has 0 unspecified atom stereocenters. The minimum Gasteiger partial charge on any atom is -0.477 e. The first-order chi connectivity index (χ1) is 12.6. The highest BCUT2D eigenvalue weighted by Crippen LogP contribution is 2.33. The zero-order valence-corrected chi connectivity index (χ0v) is 15.3. The molecule has 0 spiro atoms. The summed E-state index contributed by atoms with van der Waals surface area (Å²) >= 11 is 6.18. The first kappa shape index (κ1) is 18.3. The Bertz CT molecular complexity index is 809. The summed E-state index contributed by atoms with van der Waals surface area (Å²) in [5, 5.41) is 3.38. The van der Waals surface area contributed by atoms with Crippen molar-refractivity contribution < 1.29 is 14.3 Å². The predicted molar refractivity (Wildman–Crippen MR) is 102 cm³/mol. The molecular formula is C20H21ClN2O3. The van der Waals surface area contributed by atoms with E-state index in [4.69, 9.17) is 16.3 Å². The molecule has 2 aromatic carbocycles. The van der Waals surface area contributed by atoms with Crippen LogP contribution in [0.25, 0.3) is 0 Å². The van der Waals surface area contributed by atoms with Crippen molar-refractivity contribution in [2.24, 2.45) is 0 Å². The van der Waals surface area contributed by atoms with Crippen LogP contribution in [0.15, 0.2) is 48.5 Å².